The topological polar surface area (TPSA) is 108 Å². The highest BCUT2D eigenvalue weighted by molar-refractivity contribution is 6.30. The molecule has 4 aromatic rings. The van der Waals surface area contributed by atoms with Gasteiger partial charge < -0.3 is 9.64 Å². The minimum absolute atomic E-state index is 0.0145. The highest BCUT2D eigenvalue weighted by atomic mass is 35.5. The van der Waals surface area contributed by atoms with Crippen molar-refractivity contribution in [2.75, 3.05) is 13.1 Å². The molecule has 2 aromatic heterocycles. The molecule has 1 amide bonds. The number of nitrogens with zero attached hydrogens (tertiary/aromatic N) is 5. The van der Waals surface area contributed by atoms with E-state index in [1.165, 1.54) is 20.2 Å². The lowest BCUT2D eigenvalue weighted by Gasteiger charge is -2.18. The molecule has 0 saturated carbocycles. The standard InChI is InChI=1S/C27H28ClN5O5/c1-7-32(8-2)27(37)38-25-22(16(4)29-31(25)6)23(34)19-12-13-20-21(15(19)3)24(35)33(26(36)30(20)5)18-11-9-10-17(28)14-18/h9-14H,7-8H2,1-6H3. The van der Waals surface area contributed by atoms with Crippen molar-refractivity contribution in [1.82, 2.24) is 23.8 Å². The molecule has 0 spiro atoms. The quantitative estimate of drug-likeness (QED) is 0.346. The van der Waals surface area contributed by atoms with E-state index in [2.05, 4.69) is 5.10 Å². The Morgan fingerprint density at radius 1 is 1.05 bits per heavy atom. The number of ketones is 1. The van der Waals surface area contributed by atoms with Gasteiger partial charge in [-0.2, -0.15) is 5.10 Å². The molecule has 0 bridgehead atoms. The summed E-state index contributed by atoms with van der Waals surface area (Å²) in [5.41, 5.74) is 0.672. The molecular weight excluding hydrogens is 510 g/mol. The van der Waals surface area contributed by atoms with E-state index in [9.17, 15) is 19.2 Å². The Kier molecular flexibility index (Phi) is 7.28. The summed E-state index contributed by atoms with van der Waals surface area (Å²) < 4.78 is 9.33. The second kappa shape index (κ2) is 10.3. The van der Waals surface area contributed by atoms with Crippen molar-refractivity contribution in [2.45, 2.75) is 27.7 Å². The van der Waals surface area contributed by atoms with E-state index in [0.717, 1.165) is 4.57 Å². The smallest absolute Gasteiger partial charge is 0.391 e. The van der Waals surface area contributed by atoms with Gasteiger partial charge in [-0.15, -0.1) is 0 Å². The van der Waals surface area contributed by atoms with Crippen LogP contribution in [0, 0.1) is 13.8 Å². The van der Waals surface area contributed by atoms with Gasteiger partial charge >= 0.3 is 11.8 Å². The van der Waals surface area contributed by atoms with Crippen LogP contribution in [0.4, 0.5) is 4.79 Å². The lowest BCUT2D eigenvalue weighted by atomic mass is 9.96. The Morgan fingerprint density at radius 3 is 2.37 bits per heavy atom. The number of rotatable bonds is 6. The number of benzene rings is 2. The third-order valence-electron chi connectivity index (χ3n) is 6.61. The summed E-state index contributed by atoms with van der Waals surface area (Å²) in [4.78, 5) is 54.8. The number of hydrogen-bond acceptors (Lipinski definition) is 6. The Hall–Kier alpha value is -4.18. The van der Waals surface area contributed by atoms with Crippen LogP contribution in [0.1, 0.15) is 41.0 Å². The number of hydrogen-bond donors (Lipinski definition) is 0. The number of halogens is 1. The van der Waals surface area contributed by atoms with E-state index in [1.807, 2.05) is 13.8 Å². The van der Waals surface area contributed by atoms with Crippen molar-refractivity contribution in [3.63, 3.8) is 0 Å². The second-order valence-electron chi connectivity index (χ2n) is 8.85. The van der Waals surface area contributed by atoms with E-state index >= 15 is 0 Å². The molecule has 2 heterocycles. The fourth-order valence-electron chi connectivity index (χ4n) is 4.57. The first kappa shape index (κ1) is 26.9. The van der Waals surface area contributed by atoms with Gasteiger partial charge in [0.15, 0.2) is 0 Å². The van der Waals surface area contributed by atoms with E-state index in [1.54, 1.807) is 58.3 Å². The maximum Gasteiger partial charge on any atom is 0.416 e. The molecule has 0 atom stereocenters. The summed E-state index contributed by atoms with van der Waals surface area (Å²) in [5.74, 6) is -0.444. The number of aromatic nitrogens is 4. The normalized spacial score (nSPS) is 11.1. The maximum absolute atomic E-state index is 13.9. The monoisotopic (exact) mass is 537 g/mol. The van der Waals surface area contributed by atoms with Gasteiger partial charge in [0, 0.05) is 37.8 Å². The second-order valence-corrected chi connectivity index (χ2v) is 9.29. The summed E-state index contributed by atoms with van der Waals surface area (Å²) in [7, 11) is 3.14. The highest BCUT2D eigenvalue weighted by Gasteiger charge is 2.28. The minimum atomic E-state index is -0.596. The Bertz CT molecular complexity index is 1710. The Morgan fingerprint density at radius 2 is 1.74 bits per heavy atom. The summed E-state index contributed by atoms with van der Waals surface area (Å²) in [6.07, 6.45) is -0.596. The van der Waals surface area contributed by atoms with Crippen LogP contribution in [0.3, 0.4) is 0 Å². The van der Waals surface area contributed by atoms with Gasteiger partial charge in [-0.05, 0) is 63.6 Å². The van der Waals surface area contributed by atoms with Crippen LogP contribution >= 0.6 is 11.6 Å². The van der Waals surface area contributed by atoms with Gasteiger partial charge in [0.25, 0.3) is 5.56 Å². The largest absolute Gasteiger partial charge is 0.416 e. The summed E-state index contributed by atoms with van der Waals surface area (Å²) in [5, 5.41) is 4.88. The number of carbonyl (C=O) groups is 2. The van der Waals surface area contributed by atoms with Gasteiger partial charge in [-0.25, -0.2) is 18.8 Å². The molecule has 10 nitrogen and oxygen atoms in total. The third-order valence-corrected chi connectivity index (χ3v) is 6.85. The van der Waals surface area contributed by atoms with Crippen LogP contribution in [-0.2, 0) is 14.1 Å². The number of ether oxygens (including phenoxy) is 1. The van der Waals surface area contributed by atoms with E-state index in [0.29, 0.717) is 40.6 Å². The molecule has 2 aromatic carbocycles. The van der Waals surface area contributed by atoms with Gasteiger partial charge in [-0.3, -0.25) is 14.2 Å². The molecule has 0 N–H and O–H groups in total. The fourth-order valence-corrected chi connectivity index (χ4v) is 4.75. The number of aryl methyl sites for hydroxylation is 4. The maximum atomic E-state index is 13.9. The number of carbonyl (C=O) groups excluding carboxylic acids is 2. The van der Waals surface area contributed by atoms with Crippen molar-refractivity contribution in [3.05, 3.63) is 84.6 Å². The first-order valence-corrected chi connectivity index (χ1v) is 12.5. The zero-order valence-corrected chi connectivity index (χ0v) is 22.8. The molecular formula is C27H28ClN5O5. The molecule has 0 aliphatic heterocycles. The number of fused-ring (bicyclic) bond motifs is 1. The van der Waals surface area contributed by atoms with Crippen LogP contribution in [0.15, 0.2) is 46.0 Å². The van der Waals surface area contributed by atoms with Gasteiger partial charge in [0.1, 0.15) is 5.56 Å². The zero-order valence-electron chi connectivity index (χ0n) is 22.0. The molecule has 198 valence electrons. The predicted molar refractivity (Wildman–Crippen MR) is 145 cm³/mol. The summed E-state index contributed by atoms with van der Waals surface area (Å²) >= 11 is 6.11. The average molecular weight is 538 g/mol. The van der Waals surface area contributed by atoms with Crippen LogP contribution in [0.25, 0.3) is 16.6 Å². The van der Waals surface area contributed by atoms with Crippen molar-refractivity contribution in [3.8, 4) is 11.6 Å². The van der Waals surface area contributed by atoms with Crippen molar-refractivity contribution in [2.24, 2.45) is 14.1 Å². The zero-order chi connectivity index (χ0) is 27.9. The third kappa shape index (κ3) is 4.41. The van der Waals surface area contributed by atoms with Crippen LogP contribution in [0.5, 0.6) is 5.88 Å². The van der Waals surface area contributed by atoms with Crippen molar-refractivity contribution < 1.29 is 14.3 Å². The lowest BCUT2D eigenvalue weighted by Crippen LogP contribution is -2.38. The molecule has 4 rings (SSSR count). The minimum Gasteiger partial charge on any atom is -0.391 e. The van der Waals surface area contributed by atoms with E-state index in [4.69, 9.17) is 16.3 Å². The van der Waals surface area contributed by atoms with E-state index < -0.39 is 23.1 Å². The van der Waals surface area contributed by atoms with E-state index in [-0.39, 0.29) is 22.4 Å². The van der Waals surface area contributed by atoms with Gasteiger partial charge in [0.2, 0.25) is 11.7 Å². The molecule has 0 saturated heterocycles. The summed E-state index contributed by atoms with van der Waals surface area (Å²) in [6.45, 7) is 7.83. The van der Waals surface area contributed by atoms with Gasteiger partial charge in [-0.1, -0.05) is 17.7 Å². The summed E-state index contributed by atoms with van der Waals surface area (Å²) in [6, 6.07) is 9.55. The molecule has 0 unspecified atom stereocenters. The molecule has 11 heteroatoms. The van der Waals surface area contributed by atoms with Gasteiger partial charge in [0.05, 0.1) is 22.3 Å². The molecule has 38 heavy (non-hydrogen) atoms. The molecule has 0 aliphatic carbocycles. The Labute approximate surface area is 223 Å². The molecule has 0 aliphatic rings. The first-order valence-electron chi connectivity index (χ1n) is 12.1. The number of amides is 1. The van der Waals surface area contributed by atoms with Crippen LogP contribution in [-0.4, -0.2) is 48.8 Å². The highest BCUT2D eigenvalue weighted by Crippen LogP contribution is 2.28. The van der Waals surface area contributed by atoms with Crippen LogP contribution in [0.2, 0.25) is 5.02 Å². The average Bonchev–Trinajstić information content (AvgIpc) is 3.15. The van der Waals surface area contributed by atoms with Crippen LogP contribution < -0.4 is 16.0 Å². The molecule has 0 fully saturated rings. The SMILES string of the molecule is CCN(CC)C(=O)Oc1c(C(=O)c2ccc3c(c2C)c(=O)n(-c2cccc(Cl)c2)c(=O)n3C)c(C)nn1C. The predicted octanol–water partition coefficient (Wildman–Crippen LogP) is 3.76. The lowest BCUT2D eigenvalue weighted by molar-refractivity contribution is 0.103. The van der Waals surface area contributed by atoms with Crippen molar-refractivity contribution >= 4 is 34.4 Å². The fraction of sp³-hybridized carbons (Fsp3) is 0.296. The first-order chi connectivity index (χ1) is 18.0. The van der Waals surface area contributed by atoms with Crippen molar-refractivity contribution in [1.29, 1.82) is 0 Å². The Balaban J connectivity index is 1.92. The molecule has 0 radical (unpaired) electrons.